The van der Waals surface area contributed by atoms with Crippen molar-refractivity contribution >= 4 is 0 Å². The molecule has 1 saturated carbocycles. The fraction of sp³-hybridized carbons (Fsp3) is 1.00. The third-order valence-corrected chi connectivity index (χ3v) is 3.85. The van der Waals surface area contributed by atoms with Gasteiger partial charge in [-0.25, -0.2) is 0 Å². The highest BCUT2D eigenvalue weighted by atomic mass is 19.4. The first-order valence-electron chi connectivity index (χ1n) is 7.02. The van der Waals surface area contributed by atoms with E-state index in [1.54, 1.807) is 6.92 Å². The molecule has 1 rings (SSSR count). The van der Waals surface area contributed by atoms with Crippen molar-refractivity contribution in [2.45, 2.75) is 63.6 Å². The van der Waals surface area contributed by atoms with E-state index in [1.807, 2.05) is 6.92 Å². The molecule has 0 aromatic heterocycles. The van der Waals surface area contributed by atoms with Gasteiger partial charge in [0.15, 0.2) is 0 Å². The standard InChI is InChI=1S/C13H21F6NO/c1-3-20-8-11(6-4-9(2)5-7-11)21-10(12(14,15)16)13(17,18)19/h9-10,20H,3-8H2,1-2H3. The van der Waals surface area contributed by atoms with Crippen LogP contribution in [-0.2, 0) is 4.74 Å². The Morgan fingerprint density at radius 1 is 1.10 bits per heavy atom. The summed E-state index contributed by atoms with van der Waals surface area (Å²) in [5, 5.41) is 2.82. The first kappa shape index (κ1) is 18.5. The van der Waals surface area contributed by atoms with Gasteiger partial charge in [-0.15, -0.1) is 0 Å². The van der Waals surface area contributed by atoms with Crippen LogP contribution < -0.4 is 5.32 Å². The molecule has 21 heavy (non-hydrogen) atoms. The molecule has 2 nitrogen and oxygen atoms in total. The van der Waals surface area contributed by atoms with Crippen LogP contribution in [0.1, 0.15) is 39.5 Å². The summed E-state index contributed by atoms with van der Waals surface area (Å²) in [6, 6.07) is 0. The second kappa shape index (κ2) is 6.73. The number of alkyl halides is 6. The number of hydrogen-bond acceptors (Lipinski definition) is 2. The number of ether oxygens (including phenoxy) is 1. The lowest BCUT2D eigenvalue weighted by Crippen LogP contribution is -2.55. The van der Waals surface area contributed by atoms with E-state index in [9.17, 15) is 26.3 Å². The lowest BCUT2D eigenvalue weighted by atomic mass is 9.79. The van der Waals surface area contributed by atoms with E-state index >= 15 is 0 Å². The summed E-state index contributed by atoms with van der Waals surface area (Å²) < 4.78 is 80.7. The molecule has 126 valence electrons. The molecule has 8 heteroatoms. The van der Waals surface area contributed by atoms with Crippen LogP contribution >= 0.6 is 0 Å². The molecule has 1 aliphatic carbocycles. The number of rotatable bonds is 5. The number of nitrogens with one attached hydrogen (secondary N) is 1. The van der Waals surface area contributed by atoms with Gasteiger partial charge in [-0.3, -0.25) is 0 Å². The molecule has 0 aromatic rings. The first-order valence-corrected chi connectivity index (χ1v) is 7.02. The number of likely N-dealkylation sites (N-methyl/N-ethyl adjacent to an activating group) is 1. The van der Waals surface area contributed by atoms with Crippen LogP contribution in [0.2, 0.25) is 0 Å². The average Bonchev–Trinajstić information content (AvgIpc) is 2.34. The van der Waals surface area contributed by atoms with Gasteiger partial charge in [0.25, 0.3) is 0 Å². The minimum atomic E-state index is -5.46. The van der Waals surface area contributed by atoms with Crippen molar-refractivity contribution in [1.29, 1.82) is 0 Å². The van der Waals surface area contributed by atoms with Crippen molar-refractivity contribution < 1.29 is 31.1 Å². The normalized spacial score (nSPS) is 28.1. The molecule has 0 radical (unpaired) electrons. The molecule has 0 heterocycles. The minimum Gasteiger partial charge on any atom is -0.353 e. The molecule has 0 aliphatic heterocycles. The summed E-state index contributed by atoms with van der Waals surface area (Å²) in [5.41, 5.74) is -1.40. The van der Waals surface area contributed by atoms with Gasteiger partial charge < -0.3 is 10.1 Å². The highest BCUT2D eigenvalue weighted by Gasteiger charge is 2.60. The highest BCUT2D eigenvalue weighted by molar-refractivity contribution is 4.92. The molecule has 0 aromatic carbocycles. The molecule has 0 atom stereocenters. The van der Waals surface area contributed by atoms with Crippen LogP contribution in [0.5, 0.6) is 0 Å². The summed E-state index contributed by atoms with van der Waals surface area (Å²) in [6.07, 6.45) is -13.1. The maximum atomic E-state index is 12.7. The Labute approximate surface area is 120 Å². The van der Waals surface area contributed by atoms with Crippen LogP contribution in [-0.4, -0.2) is 37.1 Å². The molecule has 0 bridgehead atoms. The second-order valence-corrected chi connectivity index (χ2v) is 5.73. The van der Waals surface area contributed by atoms with Gasteiger partial charge in [-0.05, 0) is 38.1 Å². The predicted molar refractivity (Wildman–Crippen MR) is 65.9 cm³/mol. The Morgan fingerprint density at radius 2 is 1.57 bits per heavy atom. The van der Waals surface area contributed by atoms with Crippen molar-refractivity contribution in [1.82, 2.24) is 5.32 Å². The van der Waals surface area contributed by atoms with Gasteiger partial charge in [-0.2, -0.15) is 26.3 Å². The van der Waals surface area contributed by atoms with E-state index < -0.39 is 24.1 Å². The number of halogens is 6. The Bertz CT molecular complexity index is 300. The maximum absolute atomic E-state index is 12.7. The van der Waals surface area contributed by atoms with Gasteiger partial charge in [-0.1, -0.05) is 13.8 Å². The van der Waals surface area contributed by atoms with Crippen LogP contribution in [0.4, 0.5) is 26.3 Å². The van der Waals surface area contributed by atoms with Gasteiger partial charge in [0.2, 0.25) is 6.10 Å². The van der Waals surface area contributed by atoms with Gasteiger partial charge >= 0.3 is 12.4 Å². The van der Waals surface area contributed by atoms with Crippen LogP contribution in [0.15, 0.2) is 0 Å². The summed E-state index contributed by atoms with van der Waals surface area (Å²) in [7, 11) is 0. The summed E-state index contributed by atoms with van der Waals surface area (Å²) in [6.45, 7) is 4.13. The largest absolute Gasteiger partial charge is 0.423 e. The lowest BCUT2D eigenvalue weighted by molar-refractivity contribution is -0.347. The Kier molecular flexibility index (Phi) is 5.94. The molecule has 1 N–H and O–H groups in total. The van der Waals surface area contributed by atoms with E-state index in [0.717, 1.165) is 0 Å². The van der Waals surface area contributed by atoms with E-state index in [1.165, 1.54) is 0 Å². The lowest BCUT2D eigenvalue weighted by Gasteiger charge is -2.42. The van der Waals surface area contributed by atoms with Crippen molar-refractivity contribution in [2.75, 3.05) is 13.1 Å². The second-order valence-electron chi connectivity index (χ2n) is 5.73. The zero-order chi connectivity index (χ0) is 16.3. The van der Waals surface area contributed by atoms with Crippen molar-refractivity contribution in [2.24, 2.45) is 5.92 Å². The Balaban J connectivity index is 2.92. The molecular weight excluding hydrogens is 300 g/mol. The summed E-state index contributed by atoms with van der Waals surface area (Å²) in [5.74, 6) is 0.290. The quantitative estimate of drug-likeness (QED) is 0.771. The predicted octanol–water partition coefficient (Wildman–Crippen LogP) is 4.05. The van der Waals surface area contributed by atoms with Crippen molar-refractivity contribution in [3.8, 4) is 0 Å². The summed E-state index contributed by atoms with van der Waals surface area (Å²) >= 11 is 0. The van der Waals surface area contributed by atoms with Gasteiger partial charge in [0.1, 0.15) is 0 Å². The molecule has 1 aliphatic rings. The molecule has 0 unspecified atom stereocenters. The Morgan fingerprint density at radius 3 is 1.95 bits per heavy atom. The highest BCUT2D eigenvalue weighted by Crippen LogP contribution is 2.42. The third kappa shape index (κ3) is 5.32. The van der Waals surface area contributed by atoms with E-state index in [4.69, 9.17) is 0 Å². The third-order valence-electron chi connectivity index (χ3n) is 3.85. The van der Waals surface area contributed by atoms with Crippen LogP contribution in [0.25, 0.3) is 0 Å². The smallest absolute Gasteiger partial charge is 0.353 e. The number of hydrogen-bond donors (Lipinski definition) is 1. The maximum Gasteiger partial charge on any atom is 0.423 e. The molecule has 0 amide bonds. The monoisotopic (exact) mass is 321 g/mol. The van der Waals surface area contributed by atoms with Crippen molar-refractivity contribution in [3.63, 3.8) is 0 Å². The van der Waals surface area contributed by atoms with Crippen molar-refractivity contribution in [3.05, 3.63) is 0 Å². The zero-order valence-electron chi connectivity index (χ0n) is 12.1. The van der Waals surface area contributed by atoms with Crippen LogP contribution in [0, 0.1) is 5.92 Å². The summed E-state index contributed by atoms with van der Waals surface area (Å²) in [4.78, 5) is 0. The molecule has 0 spiro atoms. The molecule has 0 saturated heterocycles. The fourth-order valence-corrected chi connectivity index (χ4v) is 2.55. The fourth-order valence-electron chi connectivity index (χ4n) is 2.55. The van der Waals surface area contributed by atoms with Crippen LogP contribution in [0.3, 0.4) is 0 Å². The van der Waals surface area contributed by atoms with Gasteiger partial charge in [0.05, 0.1) is 5.60 Å². The topological polar surface area (TPSA) is 21.3 Å². The first-order chi connectivity index (χ1) is 9.50. The molecular formula is C13H21F6NO. The van der Waals surface area contributed by atoms with E-state index in [0.29, 0.717) is 25.3 Å². The Hall–Kier alpha value is -0.500. The minimum absolute atomic E-state index is 0.00111. The van der Waals surface area contributed by atoms with E-state index in [-0.39, 0.29) is 19.4 Å². The molecule has 1 fully saturated rings. The van der Waals surface area contributed by atoms with E-state index in [2.05, 4.69) is 10.1 Å². The SMILES string of the molecule is CCNCC1(OC(C(F)(F)F)C(F)(F)F)CCC(C)CC1. The zero-order valence-corrected chi connectivity index (χ0v) is 12.1. The average molecular weight is 321 g/mol. The van der Waals surface area contributed by atoms with Gasteiger partial charge in [0, 0.05) is 6.54 Å².